The molecule has 0 bridgehead atoms. The second-order valence-electron chi connectivity index (χ2n) is 5.36. The average Bonchev–Trinajstić information content (AvgIpc) is 2.90. The maximum Gasteiger partial charge on any atom is 0.244 e. The normalized spacial score (nSPS) is 10.3. The first-order valence-electron chi connectivity index (χ1n) is 7.02. The smallest absolute Gasteiger partial charge is 0.244 e. The van der Waals surface area contributed by atoms with Gasteiger partial charge in [0, 0.05) is 19.8 Å². The fourth-order valence-corrected chi connectivity index (χ4v) is 2.12. The molecule has 0 aliphatic carbocycles. The van der Waals surface area contributed by atoms with Gasteiger partial charge in [0.25, 0.3) is 0 Å². The molecule has 22 heavy (non-hydrogen) atoms. The number of likely N-dealkylation sites (N-methyl/N-ethyl adjacent to an activating group) is 1. The fourth-order valence-electron chi connectivity index (χ4n) is 2.12. The van der Waals surface area contributed by atoms with E-state index in [0.29, 0.717) is 18.6 Å². The summed E-state index contributed by atoms with van der Waals surface area (Å²) in [5.74, 6) is -0.0426. The van der Waals surface area contributed by atoms with Crippen molar-refractivity contribution in [1.29, 1.82) is 0 Å². The van der Waals surface area contributed by atoms with Crippen molar-refractivity contribution in [1.82, 2.24) is 14.7 Å². The highest BCUT2D eigenvalue weighted by Crippen LogP contribution is 2.12. The van der Waals surface area contributed by atoms with Crippen LogP contribution in [-0.4, -0.2) is 34.0 Å². The maximum atomic E-state index is 12.2. The highest BCUT2D eigenvalue weighted by Gasteiger charge is 2.11. The number of carbonyl (C=O) groups is 2. The minimum Gasteiger partial charge on any atom is -0.340 e. The van der Waals surface area contributed by atoms with Gasteiger partial charge in [0.1, 0.15) is 6.54 Å². The zero-order valence-electron chi connectivity index (χ0n) is 13.0. The van der Waals surface area contributed by atoms with Crippen LogP contribution >= 0.6 is 0 Å². The molecule has 0 aliphatic rings. The van der Waals surface area contributed by atoms with Crippen LogP contribution in [0.5, 0.6) is 0 Å². The Bertz CT molecular complexity index is 679. The first kappa shape index (κ1) is 15.8. The van der Waals surface area contributed by atoms with Gasteiger partial charge in [-0.1, -0.05) is 18.2 Å². The number of aromatic nitrogens is 2. The molecule has 2 aromatic rings. The lowest BCUT2D eigenvalue weighted by Gasteiger charge is -2.18. The zero-order valence-corrected chi connectivity index (χ0v) is 13.0. The number of nitrogens with one attached hydrogen (secondary N) is 1. The SMILES string of the molecule is Cc1ccc(CN(C)C(=O)Cn2cc(NC=O)cn2)cc1C. The van der Waals surface area contributed by atoms with E-state index in [0.717, 1.165) is 5.56 Å². The van der Waals surface area contributed by atoms with Gasteiger partial charge in [0.15, 0.2) is 0 Å². The first-order valence-corrected chi connectivity index (χ1v) is 7.02. The van der Waals surface area contributed by atoms with Gasteiger partial charge in [-0.05, 0) is 30.5 Å². The third kappa shape index (κ3) is 3.94. The summed E-state index contributed by atoms with van der Waals surface area (Å²) in [5.41, 5.74) is 4.13. The van der Waals surface area contributed by atoms with Gasteiger partial charge in [-0.15, -0.1) is 0 Å². The Morgan fingerprint density at radius 3 is 2.82 bits per heavy atom. The number of rotatable bonds is 6. The average molecular weight is 300 g/mol. The Morgan fingerprint density at radius 1 is 1.36 bits per heavy atom. The van der Waals surface area contributed by atoms with Crippen LogP contribution in [0.4, 0.5) is 5.69 Å². The van der Waals surface area contributed by atoms with Crippen molar-refractivity contribution in [2.24, 2.45) is 0 Å². The van der Waals surface area contributed by atoms with Crippen LogP contribution in [-0.2, 0) is 22.7 Å². The molecule has 0 atom stereocenters. The van der Waals surface area contributed by atoms with Crippen molar-refractivity contribution >= 4 is 18.0 Å². The highest BCUT2D eigenvalue weighted by molar-refractivity contribution is 5.76. The van der Waals surface area contributed by atoms with Gasteiger partial charge in [-0.3, -0.25) is 14.3 Å². The van der Waals surface area contributed by atoms with Gasteiger partial charge < -0.3 is 10.2 Å². The van der Waals surface area contributed by atoms with E-state index in [1.807, 2.05) is 6.07 Å². The summed E-state index contributed by atoms with van der Waals surface area (Å²) in [7, 11) is 1.77. The summed E-state index contributed by atoms with van der Waals surface area (Å²) >= 11 is 0. The zero-order chi connectivity index (χ0) is 16.1. The molecular formula is C16H20N4O2. The molecule has 0 spiro atoms. The summed E-state index contributed by atoms with van der Waals surface area (Å²) in [6.45, 7) is 4.82. The molecule has 0 unspecified atom stereocenters. The maximum absolute atomic E-state index is 12.2. The van der Waals surface area contributed by atoms with Crippen LogP contribution in [0, 0.1) is 13.8 Å². The standard InChI is InChI=1S/C16H20N4O2/c1-12-4-5-14(6-13(12)2)8-19(3)16(22)10-20-9-15(7-18-20)17-11-21/h4-7,9,11H,8,10H2,1-3H3,(H,17,21). The second kappa shape index (κ2) is 6.89. The van der Waals surface area contributed by atoms with Gasteiger partial charge >= 0.3 is 0 Å². The van der Waals surface area contributed by atoms with E-state index in [1.165, 1.54) is 22.0 Å². The Labute approximate surface area is 129 Å². The molecule has 2 amide bonds. The number of amides is 2. The lowest BCUT2D eigenvalue weighted by Crippen LogP contribution is -2.30. The molecule has 6 heteroatoms. The molecule has 1 aromatic heterocycles. The number of benzene rings is 1. The predicted molar refractivity (Wildman–Crippen MR) is 84.3 cm³/mol. The monoisotopic (exact) mass is 300 g/mol. The van der Waals surface area contributed by atoms with Gasteiger partial charge in [0.05, 0.1) is 11.9 Å². The molecule has 0 fully saturated rings. The van der Waals surface area contributed by atoms with Crippen LogP contribution < -0.4 is 5.32 Å². The molecule has 0 radical (unpaired) electrons. The fraction of sp³-hybridized carbons (Fsp3) is 0.312. The molecule has 6 nitrogen and oxygen atoms in total. The van der Waals surface area contributed by atoms with Crippen LogP contribution in [0.15, 0.2) is 30.6 Å². The van der Waals surface area contributed by atoms with E-state index >= 15 is 0 Å². The predicted octanol–water partition coefficient (Wildman–Crippen LogP) is 1.73. The van der Waals surface area contributed by atoms with Crippen LogP contribution in [0.3, 0.4) is 0 Å². The quantitative estimate of drug-likeness (QED) is 0.826. The summed E-state index contributed by atoms with van der Waals surface area (Å²) in [5, 5.41) is 6.53. The largest absolute Gasteiger partial charge is 0.340 e. The Morgan fingerprint density at radius 2 is 2.14 bits per heavy atom. The lowest BCUT2D eigenvalue weighted by atomic mass is 10.1. The highest BCUT2D eigenvalue weighted by atomic mass is 16.2. The molecule has 2 rings (SSSR count). The molecule has 1 aromatic carbocycles. The topological polar surface area (TPSA) is 67.2 Å². The third-order valence-electron chi connectivity index (χ3n) is 3.57. The van der Waals surface area contributed by atoms with E-state index in [2.05, 4.69) is 36.4 Å². The first-order chi connectivity index (χ1) is 10.5. The number of hydrogen-bond donors (Lipinski definition) is 1. The molecule has 0 saturated heterocycles. The summed E-state index contributed by atoms with van der Waals surface area (Å²) < 4.78 is 1.51. The molecule has 1 N–H and O–H groups in total. The van der Waals surface area contributed by atoms with Crippen molar-refractivity contribution in [2.45, 2.75) is 26.9 Å². The second-order valence-corrected chi connectivity index (χ2v) is 5.36. The van der Waals surface area contributed by atoms with Crippen LogP contribution in [0.1, 0.15) is 16.7 Å². The molecule has 0 saturated carbocycles. The van der Waals surface area contributed by atoms with Crippen molar-refractivity contribution < 1.29 is 9.59 Å². The number of aryl methyl sites for hydroxylation is 2. The van der Waals surface area contributed by atoms with E-state index in [9.17, 15) is 9.59 Å². The third-order valence-corrected chi connectivity index (χ3v) is 3.57. The molecule has 116 valence electrons. The van der Waals surface area contributed by atoms with Crippen LogP contribution in [0.2, 0.25) is 0 Å². The van der Waals surface area contributed by atoms with Crippen molar-refractivity contribution in [3.8, 4) is 0 Å². The Balaban J connectivity index is 1.96. The van der Waals surface area contributed by atoms with Gasteiger partial charge in [-0.2, -0.15) is 5.10 Å². The van der Waals surface area contributed by atoms with Crippen molar-refractivity contribution in [3.63, 3.8) is 0 Å². The summed E-state index contributed by atoms with van der Waals surface area (Å²) in [4.78, 5) is 24.2. The van der Waals surface area contributed by atoms with Gasteiger partial charge in [-0.25, -0.2) is 0 Å². The van der Waals surface area contributed by atoms with E-state index < -0.39 is 0 Å². The lowest BCUT2D eigenvalue weighted by molar-refractivity contribution is -0.131. The van der Waals surface area contributed by atoms with Gasteiger partial charge in [0.2, 0.25) is 12.3 Å². The molecule has 0 aliphatic heterocycles. The summed E-state index contributed by atoms with van der Waals surface area (Å²) in [6, 6.07) is 6.19. The van der Waals surface area contributed by atoms with Crippen LogP contribution in [0.25, 0.3) is 0 Å². The Hall–Kier alpha value is -2.63. The minimum atomic E-state index is -0.0426. The Kier molecular flexibility index (Phi) is 4.93. The minimum absolute atomic E-state index is 0.0426. The van der Waals surface area contributed by atoms with E-state index in [4.69, 9.17) is 0 Å². The van der Waals surface area contributed by atoms with Crippen molar-refractivity contribution in [3.05, 3.63) is 47.3 Å². The number of nitrogens with zero attached hydrogens (tertiary/aromatic N) is 3. The van der Waals surface area contributed by atoms with Crippen molar-refractivity contribution in [2.75, 3.05) is 12.4 Å². The van der Waals surface area contributed by atoms with E-state index in [-0.39, 0.29) is 12.5 Å². The summed E-state index contributed by atoms with van der Waals surface area (Å²) in [6.07, 6.45) is 3.70. The number of anilines is 1. The number of carbonyl (C=O) groups excluding carboxylic acids is 2. The molecular weight excluding hydrogens is 280 g/mol. The van der Waals surface area contributed by atoms with E-state index in [1.54, 1.807) is 18.1 Å². The molecule has 1 heterocycles. The number of hydrogen-bond acceptors (Lipinski definition) is 3.